The molecule has 1 rings (SSSR count). The highest BCUT2D eigenvalue weighted by Crippen LogP contribution is 2.16. The Morgan fingerprint density at radius 2 is 2.20 bits per heavy atom. The molecule has 0 amide bonds. The molecule has 0 saturated heterocycles. The van der Waals surface area contributed by atoms with Gasteiger partial charge in [0.05, 0.1) is 11.0 Å². The van der Waals surface area contributed by atoms with E-state index in [1.165, 1.54) is 7.11 Å². The Hall–Kier alpha value is -1.46. The van der Waals surface area contributed by atoms with Crippen molar-refractivity contribution in [3.63, 3.8) is 0 Å². The number of halogens is 1. The van der Waals surface area contributed by atoms with Crippen molar-refractivity contribution in [2.45, 2.75) is 17.9 Å². The summed E-state index contributed by atoms with van der Waals surface area (Å²) in [4.78, 5) is -0.136. The van der Waals surface area contributed by atoms with Gasteiger partial charge in [-0.15, -0.1) is 0 Å². The molecule has 1 atom stereocenters. The molecule has 110 valence electrons. The predicted octanol–water partition coefficient (Wildman–Crippen LogP) is 0.483. The van der Waals surface area contributed by atoms with Gasteiger partial charge in [-0.25, -0.2) is 17.5 Å². The number of nitrogens with one attached hydrogen (secondary N) is 1. The van der Waals surface area contributed by atoms with E-state index in [0.29, 0.717) is 0 Å². The van der Waals surface area contributed by atoms with Crippen LogP contribution in [0.1, 0.15) is 12.5 Å². The largest absolute Gasteiger partial charge is 0.384 e. The summed E-state index contributed by atoms with van der Waals surface area (Å²) >= 11 is 0. The third-order valence-electron chi connectivity index (χ3n) is 2.50. The van der Waals surface area contributed by atoms with Gasteiger partial charge in [-0.2, -0.15) is 0 Å². The predicted molar refractivity (Wildman–Crippen MR) is 72.0 cm³/mol. The van der Waals surface area contributed by atoms with E-state index in [4.69, 9.17) is 9.84 Å². The molecular weight excluding hydrogens is 285 g/mol. The monoisotopic (exact) mass is 301 g/mol. The Balaban J connectivity index is 3.11. The van der Waals surface area contributed by atoms with E-state index in [9.17, 15) is 12.8 Å². The van der Waals surface area contributed by atoms with E-state index in [1.54, 1.807) is 6.92 Å². The summed E-state index contributed by atoms with van der Waals surface area (Å²) in [5.74, 6) is 4.12. The van der Waals surface area contributed by atoms with E-state index in [0.717, 1.165) is 18.2 Å². The lowest BCUT2D eigenvalue weighted by Crippen LogP contribution is -2.32. The topological polar surface area (TPSA) is 75.6 Å². The van der Waals surface area contributed by atoms with Crippen LogP contribution in [0.25, 0.3) is 0 Å². The minimum Gasteiger partial charge on any atom is -0.384 e. The number of ether oxygens (including phenoxy) is 1. The molecular formula is C13H16FNO4S. The highest BCUT2D eigenvalue weighted by atomic mass is 32.2. The zero-order valence-corrected chi connectivity index (χ0v) is 12.0. The maximum absolute atomic E-state index is 13.2. The molecule has 7 heteroatoms. The fraction of sp³-hybridized carbons (Fsp3) is 0.385. The zero-order valence-electron chi connectivity index (χ0n) is 11.2. The van der Waals surface area contributed by atoms with E-state index in [-0.39, 0.29) is 23.1 Å². The van der Waals surface area contributed by atoms with Gasteiger partial charge in [0.2, 0.25) is 10.0 Å². The van der Waals surface area contributed by atoms with Crippen LogP contribution in [0.2, 0.25) is 0 Å². The second-order valence-corrected chi connectivity index (χ2v) is 5.73. The third-order valence-corrected chi connectivity index (χ3v) is 3.98. The van der Waals surface area contributed by atoms with Gasteiger partial charge in [-0.05, 0) is 25.1 Å². The van der Waals surface area contributed by atoms with Crippen molar-refractivity contribution in [2.24, 2.45) is 0 Å². The van der Waals surface area contributed by atoms with Crippen LogP contribution in [0, 0.1) is 17.7 Å². The second-order valence-electron chi connectivity index (χ2n) is 4.00. The summed E-state index contributed by atoms with van der Waals surface area (Å²) in [7, 11) is -2.36. The molecule has 0 aromatic heterocycles. The molecule has 0 aliphatic carbocycles. The van der Waals surface area contributed by atoms with Crippen LogP contribution >= 0.6 is 0 Å². The van der Waals surface area contributed by atoms with E-state index >= 15 is 0 Å². The average molecular weight is 301 g/mol. The van der Waals surface area contributed by atoms with Crippen LogP contribution in [0.3, 0.4) is 0 Å². The minimum atomic E-state index is -3.82. The van der Waals surface area contributed by atoms with Gasteiger partial charge < -0.3 is 9.84 Å². The molecule has 0 radical (unpaired) electrons. The van der Waals surface area contributed by atoms with Gasteiger partial charge >= 0.3 is 0 Å². The molecule has 0 aliphatic heterocycles. The van der Waals surface area contributed by atoms with Crippen molar-refractivity contribution < 1.29 is 22.7 Å². The number of hydrogen-bond donors (Lipinski definition) is 2. The summed E-state index contributed by atoms with van der Waals surface area (Å²) in [5.41, 5.74) is -0.00313. The van der Waals surface area contributed by atoms with Crippen LogP contribution in [0.4, 0.5) is 4.39 Å². The van der Waals surface area contributed by atoms with Crippen LogP contribution in [0.5, 0.6) is 0 Å². The van der Waals surface area contributed by atoms with E-state index in [2.05, 4.69) is 16.6 Å². The minimum absolute atomic E-state index is 0.00313. The first-order valence-electron chi connectivity index (χ1n) is 5.82. The Kier molecular flexibility index (Phi) is 6.10. The van der Waals surface area contributed by atoms with Gasteiger partial charge in [-0.1, -0.05) is 11.8 Å². The molecule has 20 heavy (non-hydrogen) atoms. The fourth-order valence-electron chi connectivity index (χ4n) is 1.36. The Labute approximate surface area is 117 Å². The number of rotatable bonds is 5. The molecule has 1 aromatic rings. The molecule has 1 unspecified atom stereocenters. The molecule has 0 fully saturated rings. The number of hydrogen-bond acceptors (Lipinski definition) is 4. The molecule has 5 nitrogen and oxygen atoms in total. The van der Waals surface area contributed by atoms with Gasteiger partial charge in [0.25, 0.3) is 0 Å². The Bertz CT molecular complexity index is 619. The molecule has 1 aromatic carbocycles. The van der Waals surface area contributed by atoms with Gasteiger partial charge in [0, 0.05) is 19.2 Å². The van der Waals surface area contributed by atoms with Crippen LogP contribution in [-0.4, -0.2) is 39.9 Å². The van der Waals surface area contributed by atoms with Gasteiger partial charge in [0.15, 0.2) is 0 Å². The normalized spacial score (nSPS) is 12.6. The lowest BCUT2D eigenvalue weighted by atomic mass is 10.2. The third kappa shape index (κ3) is 4.58. The highest BCUT2D eigenvalue weighted by molar-refractivity contribution is 7.89. The number of methoxy groups -OCH3 is 1. The molecule has 0 saturated carbocycles. The van der Waals surface area contributed by atoms with Crippen molar-refractivity contribution in [1.82, 2.24) is 4.72 Å². The summed E-state index contributed by atoms with van der Waals surface area (Å²) in [6.45, 7) is 1.35. The van der Waals surface area contributed by atoms with Crippen LogP contribution in [0.15, 0.2) is 23.1 Å². The van der Waals surface area contributed by atoms with Crippen molar-refractivity contribution in [3.05, 3.63) is 29.6 Å². The summed E-state index contributed by atoms with van der Waals surface area (Å²) in [5, 5.41) is 8.65. The number of aliphatic hydroxyl groups is 1. The van der Waals surface area contributed by atoms with Crippen LogP contribution < -0.4 is 4.72 Å². The number of sulfonamides is 1. The Morgan fingerprint density at radius 1 is 1.50 bits per heavy atom. The first kappa shape index (κ1) is 16.6. The zero-order chi connectivity index (χ0) is 15.2. The first-order chi connectivity index (χ1) is 9.40. The fourth-order valence-corrected chi connectivity index (χ4v) is 2.61. The van der Waals surface area contributed by atoms with E-state index in [1.807, 2.05) is 0 Å². The second kappa shape index (κ2) is 7.36. The SMILES string of the molecule is COC(C)CNS(=O)(=O)c1ccc(F)cc1C#CCO. The van der Waals surface area contributed by atoms with Gasteiger partial charge in [0.1, 0.15) is 12.4 Å². The molecule has 2 N–H and O–H groups in total. The Morgan fingerprint density at radius 3 is 2.80 bits per heavy atom. The number of benzene rings is 1. The van der Waals surface area contributed by atoms with Crippen molar-refractivity contribution >= 4 is 10.0 Å². The first-order valence-corrected chi connectivity index (χ1v) is 7.30. The number of aliphatic hydroxyl groups excluding tert-OH is 1. The van der Waals surface area contributed by atoms with E-state index < -0.39 is 22.4 Å². The highest BCUT2D eigenvalue weighted by Gasteiger charge is 2.19. The standard InChI is InChI=1S/C13H16FNO4S/c1-10(19-2)9-15-20(17,18)13-6-5-12(14)8-11(13)4-3-7-16/h5-6,8,10,15-16H,7,9H2,1-2H3. The lowest BCUT2D eigenvalue weighted by Gasteiger charge is -2.12. The lowest BCUT2D eigenvalue weighted by molar-refractivity contribution is 0.122. The molecule has 0 spiro atoms. The molecule has 0 bridgehead atoms. The van der Waals surface area contributed by atoms with Crippen LogP contribution in [-0.2, 0) is 14.8 Å². The quantitative estimate of drug-likeness (QED) is 0.776. The van der Waals surface area contributed by atoms with Gasteiger partial charge in [-0.3, -0.25) is 0 Å². The average Bonchev–Trinajstić information content (AvgIpc) is 2.42. The summed E-state index contributed by atoms with van der Waals surface area (Å²) in [6.07, 6.45) is -0.294. The maximum atomic E-state index is 13.2. The van der Waals surface area contributed by atoms with Crippen molar-refractivity contribution in [1.29, 1.82) is 0 Å². The molecule has 0 aliphatic rings. The smallest absolute Gasteiger partial charge is 0.241 e. The van der Waals surface area contributed by atoms with Crippen molar-refractivity contribution in [2.75, 3.05) is 20.3 Å². The molecule has 0 heterocycles. The summed E-state index contributed by atoms with van der Waals surface area (Å²) < 4.78 is 44.7. The maximum Gasteiger partial charge on any atom is 0.241 e. The summed E-state index contributed by atoms with van der Waals surface area (Å²) in [6, 6.07) is 3.19. The van der Waals surface area contributed by atoms with Crippen molar-refractivity contribution in [3.8, 4) is 11.8 Å².